The van der Waals surface area contributed by atoms with E-state index in [4.69, 9.17) is 11.6 Å². The zero-order chi connectivity index (χ0) is 12.0. The monoisotopic (exact) mass is 303 g/mol. The summed E-state index contributed by atoms with van der Waals surface area (Å²) in [5.41, 5.74) is 0.980. The van der Waals surface area contributed by atoms with Crippen LogP contribution in [0, 0.1) is 5.92 Å². The number of carbonyl (C=O) groups is 1. The molecule has 88 valence electrons. The Labute approximate surface area is 110 Å². The van der Waals surface area contributed by atoms with Gasteiger partial charge in [0.1, 0.15) is 0 Å². The molecule has 1 aromatic rings. The molecule has 1 rings (SSSR count). The van der Waals surface area contributed by atoms with Crippen molar-refractivity contribution >= 4 is 33.4 Å². The van der Waals surface area contributed by atoms with Gasteiger partial charge in [-0.3, -0.25) is 4.79 Å². The Bertz CT molecular complexity index is 339. The number of alkyl halides is 1. The molecule has 0 spiro atoms. The van der Waals surface area contributed by atoms with Gasteiger partial charge in [0.15, 0.2) is 0 Å². The van der Waals surface area contributed by atoms with Crippen LogP contribution in [0.15, 0.2) is 24.3 Å². The highest BCUT2D eigenvalue weighted by Gasteiger charge is 2.05. The lowest BCUT2D eigenvalue weighted by molar-refractivity contribution is -0.120. The first-order valence-corrected chi connectivity index (χ1v) is 6.69. The van der Waals surface area contributed by atoms with Gasteiger partial charge in [-0.1, -0.05) is 46.6 Å². The second kappa shape index (κ2) is 6.92. The minimum absolute atomic E-state index is 0.0510. The van der Waals surface area contributed by atoms with Crippen molar-refractivity contribution in [1.29, 1.82) is 0 Å². The first-order chi connectivity index (χ1) is 7.61. The van der Waals surface area contributed by atoms with E-state index in [0.29, 0.717) is 23.9 Å². The van der Waals surface area contributed by atoms with Gasteiger partial charge in [0.05, 0.1) is 6.42 Å². The van der Waals surface area contributed by atoms with Gasteiger partial charge in [-0.15, -0.1) is 0 Å². The van der Waals surface area contributed by atoms with Crippen LogP contribution in [0.2, 0.25) is 5.02 Å². The largest absolute Gasteiger partial charge is 0.356 e. The van der Waals surface area contributed by atoms with Crippen LogP contribution in [0.5, 0.6) is 0 Å². The Morgan fingerprint density at radius 2 is 2.06 bits per heavy atom. The number of carbonyl (C=O) groups excluding carboxylic acids is 1. The lowest BCUT2D eigenvalue weighted by Gasteiger charge is -2.09. The zero-order valence-electron chi connectivity index (χ0n) is 9.17. The van der Waals surface area contributed by atoms with Crippen molar-refractivity contribution in [1.82, 2.24) is 5.32 Å². The SMILES string of the molecule is CC(CBr)CNC(=O)Cc1ccc(Cl)cc1. The minimum Gasteiger partial charge on any atom is -0.356 e. The molecule has 2 nitrogen and oxygen atoms in total. The zero-order valence-corrected chi connectivity index (χ0v) is 11.5. The van der Waals surface area contributed by atoms with Gasteiger partial charge in [-0.05, 0) is 23.6 Å². The highest BCUT2D eigenvalue weighted by Crippen LogP contribution is 2.09. The predicted molar refractivity (Wildman–Crippen MR) is 71.1 cm³/mol. The van der Waals surface area contributed by atoms with Crippen molar-refractivity contribution in [3.8, 4) is 0 Å². The van der Waals surface area contributed by atoms with Crippen LogP contribution in [-0.2, 0) is 11.2 Å². The van der Waals surface area contributed by atoms with E-state index in [1.54, 1.807) is 12.1 Å². The quantitative estimate of drug-likeness (QED) is 0.832. The highest BCUT2D eigenvalue weighted by atomic mass is 79.9. The normalized spacial score (nSPS) is 12.2. The van der Waals surface area contributed by atoms with E-state index in [1.165, 1.54) is 0 Å². The Morgan fingerprint density at radius 1 is 1.44 bits per heavy atom. The topological polar surface area (TPSA) is 29.1 Å². The van der Waals surface area contributed by atoms with Crippen LogP contribution in [0.4, 0.5) is 0 Å². The summed E-state index contributed by atoms with van der Waals surface area (Å²) < 4.78 is 0. The minimum atomic E-state index is 0.0510. The molecule has 0 aliphatic heterocycles. The van der Waals surface area contributed by atoms with E-state index in [2.05, 4.69) is 28.2 Å². The lowest BCUT2D eigenvalue weighted by atomic mass is 10.1. The maximum atomic E-state index is 11.6. The fraction of sp³-hybridized carbons (Fsp3) is 0.417. The number of hydrogen-bond acceptors (Lipinski definition) is 1. The summed E-state index contributed by atoms with van der Waals surface area (Å²) in [6.45, 7) is 2.79. The molecule has 1 aromatic carbocycles. The van der Waals surface area contributed by atoms with Gasteiger partial charge in [-0.25, -0.2) is 0 Å². The molecule has 0 fully saturated rings. The molecule has 0 heterocycles. The van der Waals surface area contributed by atoms with Gasteiger partial charge < -0.3 is 5.32 Å². The van der Waals surface area contributed by atoms with Crippen LogP contribution < -0.4 is 5.32 Å². The van der Waals surface area contributed by atoms with E-state index in [0.717, 1.165) is 10.9 Å². The van der Waals surface area contributed by atoms with Gasteiger partial charge in [-0.2, -0.15) is 0 Å². The van der Waals surface area contributed by atoms with Crippen LogP contribution >= 0.6 is 27.5 Å². The molecule has 0 aliphatic carbocycles. The number of halogens is 2. The third-order valence-electron chi connectivity index (χ3n) is 2.19. The maximum absolute atomic E-state index is 11.6. The van der Waals surface area contributed by atoms with E-state index < -0.39 is 0 Å². The van der Waals surface area contributed by atoms with Gasteiger partial charge in [0, 0.05) is 16.9 Å². The predicted octanol–water partition coefficient (Wildman–Crippen LogP) is 3.03. The van der Waals surface area contributed by atoms with Gasteiger partial charge in [0.25, 0.3) is 0 Å². The van der Waals surface area contributed by atoms with Crippen LogP contribution in [-0.4, -0.2) is 17.8 Å². The van der Waals surface area contributed by atoms with Crippen molar-refractivity contribution in [2.24, 2.45) is 5.92 Å². The fourth-order valence-corrected chi connectivity index (χ4v) is 1.55. The van der Waals surface area contributed by atoms with Crippen LogP contribution in [0.25, 0.3) is 0 Å². The maximum Gasteiger partial charge on any atom is 0.224 e. The second-order valence-electron chi connectivity index (χ2n) is 3.87. The molecule has 0 radical (unpaired) electrons. The van der Waals surface area contributed by atoms with Gasteiger partial charge in [0.2, 0.25) is 5.91 Å². The summed E-state index contributed by atoms with van der Waals surface area (Å²) >= 11 is 9.14. The Morgan fingerprint density at radius 3 is 2.62 bits per heavy atom. The smallest absolute Gasteiger partial charge is 0.224 e. The molecule has 0 aliphatic rings. The molecule has 1 unspecified atom stereocenters. The molecular weight excluding hydrogens is 289 g/mol. The van der Waals surface area contributed by atoms with Crippen molar-refractivity contribution in [3.63, 3.8) is 0 Å². The highest BCUT2D eigenvalue weighted by molar-refractivity contribution is 9.09. The molecule has 0 bridgehead atoms. The van der Waals surface area contributed by atoms with E-state index >= 15 is 0 Å². The molecule has 0 aromatic heterocycles. The molecular formula is C12H15BrClNO. The second-order valence-corrected chi connectivity index (χ2v) is 4.95. The molecule has 1 atom stereocenters. The van der Waals surface area contributed by atoms with Crippen LogP contribution in [0.3, 0.4) is 0 Å². The number of hydrogen-bond donors (Lipinski definition) is 1. The molecule has 16 heavy (non-hydrogen) atoms. The van der Waals surface area contributed by atoms with Crippen molar-refractivity contribution < 1.29 is 4.79 Å². The fourth-order valence-electron chi connectivity index (χ4n) is 1.19. The summed E-state index contributed by atoms with van der Waals surface area (Å²) in [5.74, 6) is 0.504. The van der Waals surface area contributed by atoms with E-state index in [-0.39, 0.29) is 5.91 Å². The number of nitrogens with one attached hydrogen (secondary N) is 1. The number of benzene rings is 1. The third kappa shape index (κ3) is 4.99. The number of amides is 1. The first kappa shape index (κ1) is 13.5. The third-order valence-corrected chi connectivity index (χ3v) is 3.55. The summed E-state index contributed by atoms with van der Waals surface area (Å²) in [5, 5.41) is 4.48. The molecule has 4 heteroatoms. The number of rotatable bonds is 5. The lowest BCUT2D eigenvalue weighted by Crippen LogP contribution is -2.30. The molecule has 1 N–H and O–H groups in total. The van der Waals surface area contributed by atoms with Crippen molar-refractivity contribution in [2.75, 3.05) is 11.9 Å². The Balaban J connectivity index is 2.37. The first-order valence-electron chi connectivity index (χ1n) is 5.19. The Kier molecular flexibility index (Phi) is 5.85. The van der Waals surface area contributed by atoms with Crippen molar-refractivity contribution in [2.45, 2.75) is 13.3 Å². The van der Waals surface area contributed by atoms with Crippen molar-refractivity contribution in [3.05, 3.63) is 34.9 Å². The molecule has 0 saturated carbocycles. The summed E-state index contributed by atoms with van der Waals surface area (Å²) in [6.07, 6.45) is 0.409. The summed E-state index contributed by atoms with van der Waals surface area (Å²) in [6, 6.07) is 7.34. The van der Waals surface area contributed by atoms with Gasteiger partial charge >= 0.3 is 0 Å². The standard InChI is InChI=1S/C12H15BrClNO/c1-9(7-13)8-15-12(16)6-10-2-4-11(14)5-3-10/h2-5,9H,6-8H2,1H3,(H,15,16). The Hall–Kier alpha value is -0.540. The average Bonchev–Trinajstić information content (AvgIpc) is 2.29. The van der Waals surface area contributed by atoms with E-state index in [1.807, 2.05) is 12.1 Å². The molecule has 0 saturated heterocycles. The van der Waals surface area contributed by atoms with Crippen LogP contribution in [0.1, 0.15) is 12.5 Å². The average molecular weight is 305 g/mol. The summed E-state index contributed by atoms with van der Waals surface area (Å²) in [4.78, 5) is 11.6. The summed E-state index contributed by atoms with van der Waals surface area (Å²) in [7, 11) is 0. The van der Waals surface area contributed by atoms with E-state index in [9.17, 15) is 4.79 Å². The molecule has 1 amide bonds.